The molecule has 3 nitrogen and oxygen atoms in total. The predicted molar refractivity (Wildman–Crippen MR) is 152 cm³/mol. The van der Waals surface area contributed by atoms with E-state index in [-0.39, 0.29) is 16.5 Å². The van der Waals surface area contributed by atoms with Crippen LogP contribution < -0.4 is 15.1 Å². The quantitative estimate of drug-likeness (QED) is 0.279. The molecule has 0 radical (unpaired) electrons. The summed E-state index contributed by atoms with van der Waals surface area (Å²) >= 11 is 0. The van der Waals surface area contributed by atoms with Gasteiger partial charge in [0.1, 0.15) is 8.07 Å². The number of allylic oxidation sites excluding steroid dienone is 2. The van der Waals surface area contributed by atoms with Crippen LogP contribution in [0, 0.1) is 6.92 Å². The zero-order chi connectivity index (χ0) is 25.5. The van der Waals surface area contributed by atoms with E-state index < -0.39 is 18.1 Å². The van der Waals surface area contributed by atoms with Gasteiger partial charge in [-0.05, 0) is 36.6 Å². The van der Waals surface area contributed by atoms with Gasteiger partial charge in [0.05, 0.1) is 4.90 Å². The lowest BCUT2D eigenvalue weighted by atomic mass is 10.2. The highest BCUT2D eigenvalue weighted by Gasteiger charge is 2.46. The van der Waals surface area contributed by atoms with E-state index in [9.17, 15) is 8.42 Å². The van der Waals surface area contributed by atoms with E-state index in [1.807, 2.05) is 25.1 Å². The van der Waals surface area contributed by atoms with Crippen LogP contribution in [0.2, 0.25) is 11.1 Å². The van der Waals surface area contributed by atoms with Crippen molar-refractivity contribution in [1.29, 1.82) is 0 Å². The molecule has 0 aliphatic carbocycles. The molecule has 0 atom stereocenters. The number of aryl methyl sites for hydroxylation is 1. The summed E-state index contributed by atoms with van der Waals surface area (Å²) < 4.78 is 28.6. The average Bonchev–Trinajstić information content (AvgIpc) is 2.83. The van der Waals surface area contributed by atoms with E-state index in [0.29, 0.717) is 6.42 Å². The van der Waals surface area contributed by atoms with E-state index in [1.165, 1.54) is 10.4 Å². The van der Waals surface area contributed by atoms with Crippen molar-refractivity contribution < 1.29 is 8.42 Å². The third-order valence-corrected chi connectivity index (χ3v) is 14.2. The van der Waals surface area contributed by atoms with Crippen LogP contribution >= 0.6 is 0 Å². The van der Waals surface area contributed by atoms with Gasteiger partial charge in [0.2, 0.25) is 10.0 Å². The molecule has 3 aromatic carbocycles. The molecule has 3 rings (SSSR count). The van der Waals surface area contributed by atoms with E-state index in [4.69, 9.17) is 0 Å². The third kappa shape index (κ3) is 6.29. The molecule has 0 fully saturated rings. The molecular formula is C30H37NO2SSi. The second kappa shape index (κ2) is 11.3. The van der Waals surface area contributed by atoms with Crippen LogP contribution in [0.25, 0.3) is 0 Å². The molecule has 3 aromatic rings. The standard InChI is InChI=1S/C30H37NO2SSi/c1-6-13-26(24-31-34(32,33)27-20-18-25(2)19-21-27)22-23-35(30(3,4)5,28-14-9-7-10-15-28)29-16-11-8-12-17-29/h6-12,14-22,31H,1,13,23-24H2,2-5H3/b26-22+. The second-order valence-electron chi connectivity index (χ2n) is 10.1. The first kappa shape index (κ1) is 26.9. The van der Waals surface area contributed by atoms with Crippen molar-refractivity contribution in [2.24, 2.45) is 0 Å². The van der Waals surface area contributed by atoms with E-state index in [1.54, 1.807) is 12.1 Å². The van der Waals surface area contributed by atoms with Gasteiger partial charge in [-0.2, -0.15) is 0 Å². The fourth-order valence-corrected chi connectivity index (χ4v) is 11.0. The van der Waals surface area contributed by atoms with Crippen LogP contribution in [0.5, 0.6) is 0 Å². The number of hydrogen-bond donors (Lipinski definition) is 1. The summed E-state index contributed by atoms with van der Waals surface area (Å²) in [4.78, 5) is 0.285. The van der Waals surface area contributed by atoms with Gasteiger partial charge in [-0.25, -0.2) is 13.1 Å². The van der Waals surface area contributed by atoms with Crippen LogP contribution in [-0.4, -0.2) is 23.0 Å². The fourth-order valence-electron chi connectivity index (χ4n) is 4.72. The van der Waals surface area contributed by atoms with Gasteiger partial charge in [0.25, 0.3) is 0 Å². The Labute approximate surface area is 212 Å². The van der Waals surface area contributed by atoms with Crippen molar-refractivity contribution in [3.63, 3.8) is 0 Å². The molecule has 184 valence electrons. The highest BCUT2D eigenvalue weighted by atomic mass is 32.2. The molecule has 0 heterocycles. The molecule has 0 unspecified atom stereocenters. The summed E-state index contributed by atoms with van der Waals surface area (Å²) in [6, 6.07) is 29.4. The van der Waals surface area contributed by atoms with Crippen molar-refractivity contribution >= 4 is 28.5 Å². The summed E-state index contributed by atoms with van der Waals surface area (Å²) in [6.07, 6.45) is 4.74. The highest BCUT2D eigenvalue weighted by Crippen LogP contribution is 2.39. The normalized spacial score (nSPS) is 13.0. The lowest BCUT2D eigenvalue weighted by Crippen LogP contribution is -2.63. The lowest BCUT2D eigenvalue weighted by molar-refractivity contribution is 0.584. The zero-order valence-electron chi connectivity index (χ0n) is 21.3. The Balaban J connectivity index is 1.99. The maximum atomic E-state index is 12.9. The minimum Gasteiger partial charge on any atom is -0.207 e. The zero-order valence-corrected chi connectivity index (χ0v) is 23.1. The first-order chi connectivity index (χ1) is 16.6. The monoisotopic (exact) mass is 503 g/mol. The smallest absolute Gasteiger partial charge is 0.207 e. The fraction of sp³-hybridized carbons (Fsp3) is 0.267. The van der Waals surface area contributed by atoms with Crippen LogP contribution in [0.1, 0.15) is 32.8 Å². The Hall–Kier alpha value is -2.73. The summed E-state index contributed by atoms with van der Waals surface area (Å²) in [5, 5.41) is 2.80. The number of nitrogens with one attached hydrogen (secondary N) is 1. The molecule has 0 saturated heterocycles. The van der Waals surface area contributed by atoms with Crippen molar-refractivity contribution in [2.45, 2.75) is 50.1 Å². The van der Waals surface area contributed by atoms with Crippen molar-refractivity contribution in [3.05, 3.63) is 115 Å². The Morgan fingerprint density at radius 2 is 1.40 bits per heavy atom. The first-order valence-corrected chi connectivity index (χ1v) is 15.8. The maximum Gasteiger partial charge on any atom is 0.240 e. The third-order valence-electron chi connectivity index (χ3n) is 6.74. The Kier molecular flexibility index (Phi) is 8.70. The van der Waals surface area contributed by atoms with Crippen LogP contribution in [-0.2, 0) is 10.0 Å². The number of benzene rings is 3. The minimum absolute atomic E-state index is 0.0346. The molecule has 0 bridgehead atoms. The van der Waals surface area contributed by atoms with Crippen molar-refractivity contribution in [3.8, 4) is 0 Å². The largest absolute Gasteiger partial charge is 0.240 e. The molecule has 0 aliphatic heterocycles. The van der Waals surface area contributed by atoms with E-state index >= 15 is 0 Å². The van der Waals surface area contributed by atoms with Crippen LogP contribution in [0.15, 0.2) is 114 Å². The SMILES string of the molecule is C=CC/C(=C\C[Si](c1ccccc1)(c1ccccc1)C(C)(C)C)CNS(=O)(=O)c1ccc(C)cc1. The average molecular weight is 504 g/mol. The number of sulfonamides is 1. The molecule has 0 saturated carbocycles. The van der Waals surface area contributed by atoms with Gasteiger partial charge < -0.3 is 0 Å². The van der Waals surface area contributed by atoms with Crippen LogP contribution in [0.3, 0.4) is 0 Å². The van der Waals surface area contributed by atoms with Crippen LogP contribution in [0.4, 0.5) is 0 Å². The van der Waals surface area contributed by atoms with Crippen molar-refractivity contribution in [1.82, 2.24) is 4.72 Å². The predicted octanol–water partition coefficient (Wildman–Crippen LogP) is 5.84. The minimum atomic E-state index is -3.59. The summed E-state index contributed by atoms with van der Waals surface area (Å²) in [5.41, 5.74) is 2.06. The lowest BCUT2D eigenvalue weighted by Gasteiger charge is -2.44. The molecule has 0 aromatic heterocycles. The summed E-state index contributed by atoms with van der Waals surface area (Å²) in [5.74, 6) is 0. The molecule has 35 heavy (non-hydrogen) atoms. The van der Waals surface area contributed by atoms with Gasteiger partial charge >= 0.3 is 0 Å². The summed E-state index contributed by atoms with van der Waals surface area (Å²) in [7, 11) is -5.86. The molecule has 5 heteroatoms. The van der Waals surface area contributed by atoms with Gasteiger partial charge in [0, 0.05) is 6.54 Å². The molecule has 0 amide bonds. The van der Waals surface area contributed by atoms with Gasteiger partial charge in [-0.15, -0.1) is 6.58 Å². The van der Waals surface area contributed by atoms with Gasteiger partial charge in [0.15, 0.2) is 0 Å². The topological polar surface area (TPSA) is 46.2 Å². The van der Waals surface area contributed by atoms with E-state index in [0.717, 1.165) is 17.2 Å². The van der Waals surface area contributed by atoms with E-state index in [2.05, 4.69) is 98.8 Å². The molecular weight excluding hydrogens is 466 g/mol. The maximum absolute atomic E-state index is 12.9. The Bertz CT molecular complexity index is 1200. The Morgan fingerprint density at radius 1 is 0.886 bits per heavy atom. The molecule has 0 spiro atoms. The summed E-state index contributed by atoms with van der Waals surface area (Å²) in [6.45, 7) is 13.1. The first-order valence-electron chi connectivity index (χ1n) is 12.1. The van der Waals surface area contributed by atoms with Gasteiger partial charge in [-0.3, -0.25) is 0 Å². The van der Waals surface area contributed by atoms with Gasteiger partial charge in [-0.1, -0.05) is 127 Å². The molecule has 1 N–H and O–H groups in total. The highest BCUT2D eigenvalue weighted by molar-refractivity contribution is 7.89. The Morgan fingerprint density at radius 3 is 1.86 bits per heavy atom. The van der Waals surface area contributed by atoms with Crippen molar-refractivity contribution in [2.75, 3.05) is 6.54 Å². The molecule has 0 aliphatic rings. The number of rotatable bonds is 10. The second-order valence-corrected chi connectivity index (χ2v) is 16.7. The number of hydrogen-bond acceptors (Lipinski definition) is 2.